The summed E-state index contributed by atoms with van der Waals surface area (Å²) < 4.78 is 4.88. The zero-order valence-corrected chi connectivity index (χ0v) is 9.10. The SMILES string of the molecule is CCC(C)(C)C(=O)OCC(O)CCl. The van der Waals surface area contributed by atoms with E-state index in [2.05, 4.69) is 0 Å². The van der Waals surface area contributed by atoms with Gasteiger partial charge in [-0.3, -0.25) is 4.79 Å². The number of aliphatic hydroxyl groups excluding tert-OH is 1. The number of alkyl halides is 1. The lowest BCUT2D eigenvalue weighted by atomic mass is 9.91. The molecule has 0 aliphatic heterocycles. The van der Waals surface area contributed by atoms with Crippen LogP contribution in [0.3, 0.4) is 0 Å². The molecule has 4 heteroatoms. The second-order valence-corrected chi connectivity index (χ2v) is 3.95. The molecule has 1 N–H and O–H groups in total. The molecule has 3 nitrogen and oxygen atoms in total. The number of hydrogen-bond acceptors (Lipinski definition) is 3. The summed E-state index contributed by atoms with van der Waals surface area (Å²) in [5.41, 5.74) is -0.480. The van der Waals surface area contributed by atoms with Gasteiger partial charge in [0.1, 0.15) is 12.7 Å². The Morgan fingerprint density at radius 1 is 1.62 bits per heavy atom. The molecule has 0 heterocycles. The van der Waals surface area contributed by atoms with E-state index in [1.807, 2.05) is 20.8 Å². The minimum atomic E-state index is -0.765. The van der Waals surface area contributed by atoms with E-state index in [9.17, 15) is 4.79 Å². The van der Waals surface area contributed by atoms with E-state index in [0.29, 0.717) is 6.42 Å². The number of aliphatic hydroxyl groups is 1. The molecule has 1 unspecified atom stereocenters. The van der Waals surface area contributed by atoms with Gasteiger partial charge in [0.2, 0.25) is 0 Å². The number of rotatable bonds is 5. The van der Waals surface area contributed by atoms with Crippen LogP contribution < -0.4 is 0 Å². The highest BCUT2D eigenvalue weighted by molar-refractivity contribution is 6.18. The van der Waals surface area contributed by atoms with Gasteiger partial charge < -0.3 is 9.84 Å². The van der Waals surface area contributed by atoms with Crippen molar-refractivity contribution < 1.29 is 14.6 Å². The summed E-state index contributed by atoms with van der Waals surface area (Å²) in [5.74, 6) is -0.209. The molecular formula is C9H17ClO3. The second-order valence-electron chi connectivity index (χ2n) is 3.64. The van der Waals surface area contributed by atoms with E-state index in [1.54, 1.807) is 0 Å². The van der Waals surface area contributed by atoms with Crippen molar-refractivity contribution in [3.63, 3.8) is 0 Å². The topological polar surface area (TPSA) is 46.5 Å². The van der Waals surface area contributed by atoms with Crippen LogP contribution in [-0.4, -0.2) is 29.7 Å². The fourth-order valence-electron chi connectivity index (χ4n) is 0.556. The summed E-state index contributed by atoms with van der Waals surface area (Å²) in [6, 6.07) is 0. The molecule has 0 aromatic rings. The number of carbonyl (C=O) groups is 1. The summed E-state index contributed by atoms with van der Waals surface area (Å²) >= 11 is 5.34. The van der Waals surface area contributed by atoms with Gasteiger partial charge in [0.25, 0.3) is 0 Å². The van der Waals surface area contributed by atoms with Crippen LogP contribution in [0, 0.1) is 5.41 Å². The van der Waals surface area contributed by atoms with Gasteiger partial charge in [-0.1, -0.05) is 6.92 Å². The van der Waals surface area contributed by atoms with Crippen molar-refractivity contribution in [2.24, 2.45) is 5.41 Å². The predicted octanol–water partition coefficient (Wildman–Crippen LogP) is 1.57. The Morgan fingerprint density at radius 3 is 2.54 bits per heavy atom. The smallest absolute Gasteiger partial charge is 0.311 e. The van der Waals surface area contributed by atoms with Crippen molar-refractivity contribution in [1.29, 1.82) is 0 Å². The molecule has 13 heavy (non-hydrogen) atoms. The minimum absolute atomic E-state index is 0.0221. The van der Waals surface area contributed by atoms with Crippen molar-refractivity contribution in [1.82, 2.24) is 0 Å². The first-order valence-corrected chi connectivity index (χ1v) is 4.88. The van der Waals surface area contributed by atoms with Crippen LogP contribution in [0.25, 0.3) is 0 Å². The molecular weight excluding hydrogens is 192 g/mol. The summed E-state index contributed by atoms with van der Waals surface area (Å²) in [7, 11) is 0. The number of halogens is 1. The third-order valence-electron chi connectivity index (χ3n) is 2.02. The molecule has 0 bridgehead atoms. The number of ether oxygens (including phenoxy) is 1. The lowest BCUT2D eigenvalue weighted by Gasteiger charge is -2.21. The monoisotopic (exact) mass is 208 g/mol. The van der Waals surface area contributed by atoms with Gasteiger partial charge in [0, 0.05) is 0 Å². The molecule has 0 saturated heterocycles. The highest BCUT2D eigenvalue weighted by Gasteiger charge is 2.27. The standard InChI is InChI=1S/C9H17ClO3/c1-4-9(2,3)8(12)13-6-7(11)5-10/h7,11H,4-6H2,1-3H3. The fourth-order valence-corrected chi connectivity index (χ4v) is 0.645. The van der Waals surface area contributed by atoms with Crippen molar-refractivity contribution in [3.05, 3.63) is 0 Å². The lowest BCUT2D eigenvalue weighted by molar-refractivity contribution is -0.156. The van der Waals surface area contributed by atoms with Crippen LogP contribution in [0.15, 0.2) is 0 Å². The van der Waals surface area contributed by atoms with Crippen LogP contribution in [0.5, 0.6) is 0 Å². The van der Waals surface area contributed by atoms with Crippen molar-refractivity contribution >= 4 is 17.6 Å². The van der Waals surface area contributed by atoms with Crippen LogP contribution >= 0.6 is 11.6 Å². The van der Waals surface area contributed by atoms with Crippen LogP contribution in [-0.2, 0) is 9.53 Å². The van der Waals surface area contributed by atoms with Crippen molar-refractivity contribution in [3.8, 4) is 0 Å². The third-order valence-corrected chi connectivity index (χ3v) is 2.38. The van der Waals surface area contributed by atoms with E-state index >= 15 is 0 Å². The van der Waals surface area contributed by atoms with Gasteiger partial charge in [-0.25, -0.2) is 0 Å². The zero-order chi connectivity index (χ0) is 10.5. The molecule has 0 saturated carbocycles. The molecule has 0 fully saturated rings. The van der Waals surface area contributed by atoms with E-state index in [4.69, 9.17) is 21.4 Å². The summed E-state index contributed by atoms with van der Waals surface area (Å²) in [6.45, 7) is 5.51. The number of esters is 1. The molecule has 0 aromatic heterocycles. The van der Waals surface area contributed by atoms with Crippen LogP contribution in [0.1, 0.15) is 27.2 Å². The van der Waals surface area contributed by atoms with E-state index in [0.717, 1.165) is 0 Å². The molecule has 0 aliphatic rings. The Bertz CT molecular complexity index is 168. The molecule has 0 radical (unpaired) electrons. The van der Waals surface area contributed by atoms with E-state index in [-0.39, 0.29) is 18.5 Å². The highest BCUT2D eigenvalue weighted by atomic mass is 35.5. The van der Waals surface area contributed by atoms with E-state index < -0.39 is 11.5 Å². The Balaban J connectivity index is 3.88. The molecule has 0 spiro atoms. The third kappa shape index (κ3) is 4.48. The van der Waals surface area contributed by atoms with Gasteiger partial charge in [-0.05, 0) is 20.3 Å². The first kappa shape index (κ1) is 12.7. The van der Waals surface area contributed by atoms with E-state index in [1.165, 1.54) is 0 Å². The molecule has 0 rings (SSSR count). The summed E-state index contributed by atoms with van der Waals surface area (Å²) in [6.07, 6.45) is -0.0544. The van der Waals surface area contributed by atoms with Gasteiger partial charge in [-0.15, -0.1) is 11.6 Å². The average molecular weight is 209 g/mol. The molecule has 78 valence electrons. The van der Waals surface area contributed by atoms with Gasteiger partial charge in [0.05, 0.1) is 11.3 Å². The fraction of sp³-hybridized carbons (Fsp3) is 0.889. The molecule has 1 atom stereocenters. The van der Waals surface area contributed by atoms with Gasteiger partial charge in [0.15, 0.2) is 0 Å². The van der Waals surface area contributed by atoms with Crippen molar-refractivity contribution in [2.75, 3.05) is 12.5 Å². The Kier molecular flexibility index (Phi) is 5.33. The normalized spacial score (nSPS) is 13.9. The summed E-state index contributed by atoms with van der Waals surface area (Å²) in [5, 5.41) is 9.04. The maximum Gasteiger partial charge on any atom is 0.311 e. The van der Waals surface area contributed by atoms with Crippen molar-refractivity contribution in [2.45, 2.75) is 33.3 Å². The van der Waals surface area contributed by atoms with Gasteiger partial charge >= 0.3 is 5.97 Å². The van der Waals surface area contributed by atoms with Gasteiger partial charge in [-0.2, -0.15) is 0 Å². The molecule has 0 aromatic carbocycles. The first-order valence-electron chi connectivity index (χ1n) is 4.35. The minimum Gasteiger partial charge on any atom is -0.462 e. The quantitative estimate of drug-likeness (QED) is 0.551. The average Bonchev–Trinajstić information content (AvgIpc) is 2.13. The maximum absolute atomic E-state index is 11.3. The maximum atomic E-state index is 11.3. The highest BCUT2D eigenvalue weighted by Crippen LogP contribution is 2.21. The molecule has 0 amide bonds. The van der Waals surface area contributed by atoms with Crippen LogP contribution in [0.4, 0.5) is 0 Å². The van der Waals surface area contributed by atoms with Crippen LogP contribution in [0.2, 0.25) is 0 Å². The number of hydrogen-bond donors (Lipinski definition) is 1. The Hall–Kier alpha value is -0.280. The largest absolute Gasteiger partial charge is 0.462 e. The lowest BCUT2D eigenvalue weighted by Crippen LogP contribution is -2.29. The zero-order valence-electron chi connectivity index (χ0n) is 8.34. The molecule has 0 aliphatic carbocycles. The number of carbonyl (C=O) groups excluding carboxylic acids is 1. The first-order chi connectivity index (χ1) is 5.94. The second kappa shape index (κ2) is 5.45. The Morgan fingerprint density at radius 2 is 2.15 bits per heavy atom. The predicted molar refractivity (Wildman–Crippen MR) is 51.8 cm³/mol. The Labute approximate surface area is 84.0 Å². The summed E-state index contributed by atoms with van der Waals surface area (Å²) in [4.78, 5) is 11.3.